The first-order valence-electron chi connectivity index (χ1n) is 5.46. The molecule has 0 aliphatic rings. The molecule has 1 aromatic heterocycles. The standard InChI is InChI=1S/C11H11ClFN5/c1-2-6-18-11(15-16-17-18)14-7-8-9(12)4-3-5-10(8)13/h3-5,7H,2,6H2,1H3. The zero-order valence-corrected chi connectivity index (χ0v) is 10.5. The van der Waals surface area contributed by atoms with Crippen molar-refractivity contribution in [2.45, 2.75) is 19.9 Å². The highest BCUT2D eigenvalue weighted by atomic mass is 35.5. The quantitative estimate of drug-likeness (QED) is 0.800. The third-order valence-corrected chi connectivity index (χ3v) is 2.59. The highest BCUT2D eigenvalue weighted by Gasteiger charge is 2.06. The molecular formula is C11H11ClFN5. The van der Waals surface area contributed by atoms with Crippen LogP contribution in [-0.2, 0) is 6.54 Å². The lowest BCUT2D eigenvalue weighted by atomic mass is 10.2. The Hall–Kier alpha value is -1.82. The van der Waals surface area contributed by atoms with Gasteiger partial charge in [-0.25, -0.2) is 14.1 Å². The summed E-state index contributed by atoms with van der Waals surface area (Å²) in [5, 5.41) is 11.3. The van der Waals surface area contributed by atoms with Crippen LogP contribution in [0, 0.1) is 5.82 Å². The zero-order valence-electron chi connectivity index (χ0n) is 9.72. The van der Waals surface area contributed by atoms with Crippen molar-refractivity contribution >= 4 is 23.8 Å². The largest absolute Gasteiger partial charge is 0.269 e. The molecule has 94 valence electrons. The molecule has 5 nitrogen and oxygen atoms in total. The molecule has 0 bridgehead atoms. The Kier molecular flexibility index (Phi) is 3.99. The van der Waals surface area contributed by atoms with E-state index in [9.17, 15) is 4.39 Å². The monoisotopic (exact) mass is 267 g/mol. The van der Waals surface area contributed by atoms with E-state index in [1.54, 1.807) is 10.7 Å². The molecule has 0 N–H and O–H groups in total. The predicted octanol–water partition coefficient (Wildman–Crippen LogP) is 2.63. The fourth-order valence-corrected chi connectivity index (χ4v) is 1.62. The van der Waals surface area contributed by atoms with Gasteiger partial charge in [0.25, 0.3) is 5.95 Å². The molecule has 0 unspecified atom stereocenters. The summed E-state index contributed by atoms with van der Waals surface area (Å²) in [5.41, 5.74) is 0.227. The average Bonchev–Trinajstić information content (AvgIpc) is 2.77. The second-order valence-corrected chi connectivity index (χ2v) is 4.00. The van der Waals surface area contributed by atoms with Gasteiger partial charge in [0.2, 0.25) is 0 Å². The zero-order chi connectivity index (χ0) is 13.0. The minimum Gasteiger partial charge on any atom is -0.218 e. The smallest absolute Gasteiger partial charge is 0.218 e. The first-order chi connectivity index (χ1) is 8.72. The van der Waals surface area contributed by atoms with E-state index in [0.29, 0.717) is 17.5 Å². The van der Waals surface area contributed by atoms with Gasteiger partial charge >= 0.3 is 0 Å². The van der Waals surface area contributed by atoms with Crippen molar-refractivity contribution in [2.75, 3.05) is 0 Å². The first-order valence-corrected chi connectivity index (χ1v) is 5.84. The number of tetrazole rings is 1. The maximum absolute atomic E-state index is 13.5. The second-order valence-electron chi connectivity index (χ2n) is 3.60. The number of aromatic nitrogens is 4. The highest BCUT2D eigenvalue weighted by Crippen LogP contribution is 2.17. The maximum Gasteiger partial charge on any atom is 0.269 e. The number of halogens is 2. The van der Waals surface area contributed by atoms with E-state index in [-0.39, 0.29) is 5.56 Å². The Morgan fingerprint density at radius 1 is 1.50 bits per heavy atom. The van der Waals surface area contributed by atoms with Crippen molar-refractivity contribution < 1.29 is 4.39 Å². The summed E-state index contributed by atoms with van der Waals surface area (Å²) in [6.07, 6.45) is 2.21. The maximum atomic E-state index is 13.5. The molecule has 0 spiro atoms. The summed E-state index contributed by atoms with van der Waals surface area (Å²) in [5.74, 6) is -0.100. The molecule has 7 heteroatoms. The number of benzene rings is 1. The van der Waals surface area contributed by atoms with Gasteiger partial charge in [-0.05, 0) is 29.0 Å². The molecule has 0 atom stereocenters. The number of aliphatic imine (C=N–C) groups is 1. The van der Waals surface area contributed by atoms with Crippen LogP contribution in [0.15, 0.2) is 23.2 Å². The van der Waals surface area contributed by atoms with E-state index in [0.717, 1.165) is 6.42 Å². The summed E-state index contributed by atoms with van der Waals surface area (Å²) in [6, 6.07) is 4.46. The summed E-state index contributed by atoms with van der Waals surface area (Å²) < 4.78 is 15.0. The average molecular weight is 268 g/mol. The van der Waals surface area contributed by atoms with Crippen LogP contribution >= 0.6 is 11.6 Å². The number of rotatable bonds is 4. The molecule has 0 amide bonds. The fourth-order valence-electron chi connectivity index (χ4n) is 1.41. The summed E-state index contributed by atoms with van der Waals surface area (Å²) in [6.45, 7) is 2.66. The van der Waals surface area contributed by atoms with Crippen molar-refractivity contribution in [1.82, 2.24) is 20.2 Å². The Morgan fingerprint density at radius 2 is 2.33 bits per heavy atom. The van der Waals surface area contributed by atoms with Gasteiger partial charge in [-0.2, -0.15) is 0 Å². The van der Waals surface area contributed by atoms with Crippen molar-refractivity contribution in [2.24, 2.45) is 4.99 Å². The van der Waals surface area contributed by atoms with E-state index in [4.69, 9.17) is 11.6 Å². The van der Waals surface area contributed by atoms with Crippen LogP contribution < -0.4 is 0 Å². The molecule has 2 aromatic rings. The minimum atomic E-state index is -0.430. The lowest BCUT2D eigenvalue weighted by Crippen LogP contribution is -1.99. The van der Waals surface area contributed by atoms with Gasteiger partial charge in [0.15, 0.2) is 0 Å². The number of nitrogens with zero attached hydrogens (tertiary/aromatic N) is 5. The van der Waals surface area contributed by atoms with Crippen LogP contribution in [0.3, 0.4) is 0 Å². The van der Waals surface area contributed by atoms with Crippen LogP contribution in [0.1, 0.15) is 18.9 Å². The topological polar surface area (TPSA) is 56.0 Å². The van der Waals surface area contributed by atoms with Crippen molar-refractivity contribution in [3.05, 3.63) is 34.6 Å². The van der Waals surface area contributed by atoms with E-state index in [1.807, 2.05) is 6.92 Å². The number of hydrogen-bond donors (Lipinski definition) is 0. The van der Waals surface area contributed by atoms with Gasteiger partial charge in [0.1, 0.15) is 5.82 Å². The van der Waals surface area contributed by atoms with Crippen molar-refractivity contribution in [1.29, 1.82) is 0 Å². The van der Waals surface area contributed by atoms with E-state index >= 15 is 0 Å². The predicted molar refractivity (Wildman–Crippen MR) is 66.8 cm³/mol. The van der Waals surface area contributed by atoms with Crippen molar-refractivity contribution in [3.63, 3.8) is 0 Å². The lowest BCUT2D eigenvalue weighted by Gasteiger charge is -1.99. The van der Waals surface area contributed by atoms with Gasteiger partial charge in [0, 0.05) is 18.3 Å². The van der Waals surface area contributed by atoms with Crippen LogP contribution in [-0.4, -0.2) is 26.4 Å². The van der Waals surface area contributed by atoms with Gasteiger partial charge in [-0.3, -0.25) is 0 Å². The molecule has 0 saturated heterocycles. The lowest BCUT2D eigenvalue weighted by molar-refractivity contribution is 0.582. The SMILES string of the molecule is CCCn1nnnc1N=Cc1c(F)cccc1Cl. The van der Waals surface area contributed by atoms with Gasteiger partial charge in [-0.1, -0.05) is 29.7 Å². The first kappa shape index (κ1) is 12.6. The molecular weight excluding hydrogens is 257 g/mol. The summed E-state index contributed by atoms with van der Waals surface area (Å²) in [4.78, 5) is 4.05. The normalized spacial score (nSPS) is 11.3. The van der Waals surface area contributed by atoms with Gasteiger partial charge < -0.3 is 0 Å². The molecule has 1 heterocycles. The van der Waals surface area contributed by atoms with Crippen molar-refractivity contribution in [3.8, 4) is 0 Å². The fraction of sp³-hybridized carbons (Fsp3) is 0.273. The summed E-state index contributed by atoms with van der Waals surface area (Å²) >= 11 is 5.88. The van der Waals surface area contributed by atoms with Crippen LogP contribution in [0.25, 0.3) is 0 Å². The molecule has 0 aliphatic heterocycles. The third kappa shape index (κ3) is 2.70. The van der Waals surface area contributed by atoms with Crippen LogP contribution in [0.5, 0.6) is 0 Å². The Bertz CT molecular complexity index is 546. The Morgan fingerprint density at radius 3 is 3.06 bits per heavy atom. The van der Waals surface area contributed by atoms with E-state index in [1.165, 1.54) is 18.3 Å². The molecule has 1 aromatic carbocycles. The second kappa shape index (κ2) is 5.68. The van der Waals surface area contributed by atoms with Gasteiger partial charge in [-0.15, -0.1) is 0 Å². The van der Waals surface area contributed by atoms with E-state index < -0.39 is 5.82 Å². The van der Waals surface area contributed by atoms with Crippen LogP contribution in [0.4, 0.5) is 10.3 Å². The van der Waals surface area contributed by atoms with Crippen LogP contribution in [0.2, 0.25) is 5.02 Å². The molecule has 0 radical (unpaired) electrons. The Balaban J connectivity index is 2.27. The molecule has 0 aliphatic carbocycles. The third-order valence-electron chi connectivity index (χ3n) is 2.26. The molecule has 18 heavy (non-hydrogen) atoms. The Labute approximate surface area is 108 Å². The van der Waals surface area contributed by atoms with E-state index in [2.05, 4.69) is 20.5 Å². The summed E-state index contributed by atoms with van der Waals surface area (Å²) in [7, 11) is 0. The number of aryl methyl sites for hydroxylation is 1. The molecule has 2 rings (SSSR count). The molecule has 0 fully saturated rings. The van der Waals surface area contributed by atoms with Gasteiger partial charge in [0.05, 0.1) is 5.02 Å². The number of hydrogen-bond acceptors (Lipinski definition) is 4. The minimum absolute atomic E-state index is 0.227. The highest BCUT2D eigenvalue weighted by molar-refractivity contribution is 6.33. The molecule has 0 saturated carbocycles.